The van der Waals surface area contributed by atoms with Crippen LogP contribution in [0, 0.1) is 6.92 Å². The number of aromatic nitrogens is 2. The number of carbonyl (C=O) groups is 1. The zero-order chi connectivity index (χ0) is 18.6. The molecule has 0 aliphatic carbocycles. The summed E-state index contributed by atoms with van der Waals surface area (Å²) in [6, 6.07) is 16.9. The molecule has 6 heteroatoms. The van der Waals surface area contributed by atoms with E-state index in [2.05, 4.69) is 9.97 Å². The second-order valence-electron chi connectivity index (χ2n) is 5.85. The topological polar surface area (TPSA) is 78.4 Å². The van der Waals surface area contributed by atoms with E-state index in [4.69, 9.17) is 13.6 Å². The fraction of sp³-hybridized carbons (Fsp3) is 0.0952. The van der Waals surface area contributed by atoms with Crippen molar-refractivity contribution in [2.45, 2.75) is 13.5 Å². The quantitative estimate of drug-likeness (QED) is 0.384. The molecule has 0 atom stereocenters. The SMILES string of the molecule is Cc1oc(-c2ccccc2)nc1COC(=O)/C=C/c1nc2ccccc2o1. The maximum absolute atomic E-state index is 12.0. The number of benzene rings is 2. The molecule has 0 bridgehead atoms. The number of ether oxygens (including phenoxy) is 1. The molecule has 0 saturated heterocycles. The van der Waals surface area contributed by atoms with Gasteiger partial charge in [-0.3, -0.25) is 0 Å². The summed E-state index contributed by atoms with van der Waals surface area (Å²) in [4.78, 5) is 20.6. The third kappa shape index (κ3) is 3.79. The Hall–Kier alpha value is -3.67. The molecule has 0 radical (unpaired) electrons. The van der Waals surface area contributed by atoms with Crippen LogP contribution in [0.5, 0.6) is 0 Å². The Balaban J connectivity index is 1.40. The highest BCUT2D eigenvalue weighted by Gasteiger charge is 2.12. The lowest BCUT2D eigenvalue weighted by atomic mass is 10.2. The number of para-hydroxylation sites is 2. The van der Waals surface area contributed by atoms with Crippen molar-refractivity contribution in [1.82, 2.24) is 9.97 Å². The largest absolute Gasteiger partial charge is 0.456 e. The molecular weight excluding hydrogens is 344 g/mol. The van der Waals surface area contributed by atoms with Gasteiger partial charge in [-0.2, -0.15) is 0 Å². The average Bonchev–Trinajstić information content (AvgIpc) is 3.28. The minimum Gasteiger partial charge on any atom is -0.456 e. The second kappa shape index (κ2) is 7.29. The molecule has 0 aliphatic heterocycles. The number of rotatable bonds is 5. The number of hydrogen-bond acceptors (Lipinski definition) is 6. The number of nitrogens with zero attached hydrogens (tertiary/aromatic N) is 2. The average molecular weight is 360 g/mol. The Labute approximate surface area is 155 Å². The Morgan fingerprint density at radius 1 is 1.04 bits per heavy atom. The molecule has 4 rings (SSSR count). The Morgan fingerprint density at radius 2 is 1.81 bits per heavy atom. The Kier molecular flexibility index (Phi) is 4.53. The molecule has 0 amide bonds. The van der Waals surface area contributed by atoms with E-state index in [-0.39, 0.29) is 6.61 Å². The van der Waals surface area contributed by atoms with Crippen LogP contribution in [0.2, 0.25) is 0 Å². The summed E-state index contributed by atoms with van der Waals surface area (Å²) in [5.41, 5.74) is 2.85. The number of hydrogen-bond donors (Lipinski definition) is 0. The summed E-state index contributed by atoms with van der Waals surface area (Å²) in [6.45, 7) is 1.82. The third-order valence-corrected chi connectivity index (χ3v) is 3.94. The molecule has 0 saturated carbocycles. The van der Waals surface area contributed by atoms with Crippen LogP contribution in [0.15, 0.2) is 69.5 Å². The maximum Gasteiger partial charge on any atom is 0.331 e. The van der Waals surface area contributed by atoms with Crippen molar-refractivity contribution in [1.29, 1.82) is 0 Å². The number of fused-ring (bicyclic) bond motifs is 1. The maximum atomic E-state index is 12.0. The molecule has 0 unspecified atom stereocenters. The van der Waals surface area contributed by atoms with Crippen LogP contribution in [0.4, 0.5) is 0 Å². The first kappa shape index (κ1) is 16.8. The lowest BCUT2D eigenvalue weighted by Gasteiger charge is -1.98. The predicted molar refractivity (Wildman–Crippen MR) is 99.5 cm³/mol. The molecule has 0 fully saturated rings. The van der Waals surface area contributed by atoms with Crippen LogP contribution in [-0.4, -0.2) is 15.9 Å². The summed E-state index contributed by atoms with van der Waals surface area (Å²) < 4.78 is 16.4. The van der Waals surface area contributed by atoms with E-state index < -0.39 is 5.97 Å². The van der Waals surface area contributed by atoms with Crippen molar-refractivity contribution in [3.05, 3.63) is 78.0 Å². The first-order chi connectivity index (χ1) is 13.2. The Morgan fingerprint density at radius 3 is 2.63 bits per heavy atom. The van der Waals surface area contributed by atoms with Gasteiger partial charge in [-0.1, -0.05) is 30.3 Å². The predicted octanol–water partition coefficient (Wildman–Crippen LogP) is 4.55. The summed E-state index contributed by atoms with van der Waals surface area (Å²) in [5, 5.41) is 0. The highest BCUT2D eigenvalue weighted by molar-refractivity contribution is 5.86. The molecule has 134 valence electrons. The highest BCUT2D eigenvalue weighted by atomic mass is 16.5. The number of oxazole rings is 2. The molecule has 6 nitrogen and oxygen atoms in total. The summed E-state index contributed by atoms with van der Waals surface area (Å²) in [7, 11) is 0. The smallest absolute Gasteiger partial charge is 0.331 e. The van der Waals surface area contributed by atoms with E-state index in [1.807, 2.05) is 54.6 Å². The van der Waals surface area contributed by atoms with Gasteiger partial charge in [0.05, 0.1) is 0 Å². The van der Waals surface area contributed by atoms with Gasteiger partial charge in [-0.05, 0) is 31.2 Å². The van der Waals surface area contributed by atoms with Crippen LogP contribution in [0.3, 0.4) is 0 Å². The van der Waals surface area contributed by atoms with Crippen LogP contribution < -0.4 is 0 Å². The third-order valence-electron chi connectivity index (χ3n) is 3.94. The lowest BCUT2D eigenvalue weighted by molar-refractivity contribution is -0.139. The van der Waals surface area contributed by atoms with E-state index in [0.29, 0.717) is 28.8 Å². The van der Waals surface area contributed by atoms with Gasteiger partial charge in [-0.15, -0.1) is 0 Å². The van der Waals surface area contributed by atoms with E-state index in [1.54, 1.807) is 6.92 Å². The summed E-state index contributed by atoms with van der Waals surface area (Å²) in [5.74, 6) is 0.948. The molecule has 2 heterocycles. The first-order valence-corrected chi connectivity index (χ1v) is 8.41. The molecule has 4 aromatic rings. The van der Waals surface area contributed by atoms with E-state index in [1.165, 1.54) is 12.2 Å². The van der Waals surface area contributed by atoms with Crippen molar-refractivity contribution in [2.24, 2.45) is 0 Å². The van der Waals surface area contributed by atoms with Gasteiger partial charge in [0, 0.05) is 17.7 Å². The van der Waals surface area contributed by atoms with Crippen molar-refractivity contribution in [3.8, 4) is 11.5 Å². The minimum atomic E-state index is -0.513. The van der Waals surface area contributed by atoms with Crippen molar-refractivity contribution in [2.75, 3.05) is 0 Å². The first-order valence-electron chi connectivity index (χ1n) is 8.41. The molecule has 0 spiro atoms. The Bertz CT molecular complexity index is 1080. The van der Waals surface area contributed by atoms with Crippen LogP contribution >= 0.6 is 0 Å². The normalized spacial score (nSPS) is 11.3. The molecule has 0 N–H and O–H groups in total. The van der Waals surface area contributed by atoms with E-state index in [0.717, 1.165) is 11.1 Å². The van der Waals surface area contributed by atoms with Gasteiger partial charge in [0.25, 0.3) is 0 Å². The van der Waals surface area contributed by atoms with Gasteiger partial charge in [-0.25, -0.2) is 14.8 Å². The van der Waals surface area contributed by atoms with Crippen LogP contribution in [0.25, 0.3) is 28.6 Å². The van der Waals surface area contributed by atoms with E-state index in [9.17, 15) is 4.79 Å². The highest BCUT2D eigenvalue weighted by Crippen LogP contribution is 2.22. The minimum absolute atomic E-state index is 0.0267. The molecule has 0 aliphatic rings. The molecule has 27 heavy (non-hydrogen) atoms. The standard InChI is InChI=1S/C21H16N2O4/c1-14-17(23-21(26-14)15-7-3-2-4-8-15)13-25-20(24)12-11-19-22-16-9-5-6-10-18(16)27-19/h2-12H,13H2,1H3/b12-11+. The zero-order valence-electron chi connectivity index (χ0n) is 14.6. The number of carbonyl (C=O) groups excluding carboxylic acids is 1. The van der Waals surface area contributed by atoms with Gasteiger partial charge >= 0.3 is 5.97 Å². The summed E-state index contributed by atoms with van der Waals surface area (Å²) in [6.07, 6.45) is 2.76. The van der Waals surface area contributed by atoms with Gasteiger partial charge in [0.2, 0.25) is 11.8 Å². The fourth-order valence-corrected chi connectivity index (χ4v) is 2.55. The van der Waals surface area contributed by atoms with E-state index >= 15 is 0 Å². The van der Waals surface area contributed by atoms with Crippen molar-refractivity contribution >= 4 is 23.1 Å². The van der Waals surface area contributed by atoms with Gasteiger partial charge in [0.15, 0.2) is 5.58 Å². The number of aryl methyl sites for hydroxylation is 1. The molecule has 2 aromatic carbocycles. The van der Waals surface area contributed by atoms with Crippen LogP contribution in [-0.2, 0) is 16.1 Å². The summed E-state index contributed by atoms with van der Waals surface area (Å²) >= 11 is 0. The van der Waals surface area contributed by atoms with Gasteiger partial charge in [0.1, 0.15) is 23.6 Å². The molecule has 2 aromatic heterocycles. The van der Waals surface area contributed by atoms with Crippen LogP contribution in [0.1, 0.15) is 17.3 Å². The monoisotopic (exact) mass is 360 g/mol. The fourth-order valence-electron chi connectivity index (χ4n) is 2.55. The lowest BCUT2D eigenvalue weighted by Crippen LogP contribution is -2.02. The van der Waals surface area contributed by atoms with Gasteiger partial charge < -0.3 is 13.6 Å². The zero-order valence-corrected chi connectivity index (χ0v) is 14.6. The van der Waals surface area contributed by atoms with Crippen molar-refractivity contribution < 1.29 is 18.4 Å². The van der Waals surface area contributed by atoms with Crippen molar-refractivity contribution in [3.63, 3.8) is 0 Å². The molecular formula is C21H16N2O4. The second-order valence-corrected chi connectivity index (χ2v) is 5.85. The number of esters is 1.